The van der Waals surface area contributed by atoms with Crippen molar-refractivity contribution in [2.24, 2.45) is 0 Å². The summed E-state index contributed by atoms with van der Waals surface area (Å²) >= 11 is 0. The van der Waals surface area contributed by atoms with Gasteiger partial charge in [-0.05, 0) is 41.0 Å². The molecule has 1 heterocycles. The summed E-state index contributed by atoms with van der Waals surface area (Å²) in [5.41, 5.74) is 3.08. The first kappa shape index (κ1) is 19.6. The summed E-state index contributed by atoms with van der Waals surface area (Å²) in [6.07, 6.45) is 1.35. The van der Waals surface area contributed by atoms with E-state index >= 15 is 0 Å². The fraction of sp³-hybridized carbons (Fsp3) is 0.0455. The number of aromatic nitrogens is 1. The minimum Gasteiger partial charge on any atom is -0.392 e. The number of sulfonamides is 1. The molecule has 0 bridgehead atoms. The third kappa shape index (κ3) is 3.64. The number of nitrogens with one attached hydrogen (secondary N) is 2. The van der Waals surface area contributed by atoms with Crippen molar-refractivity contribution in [2.75, 3.05) is 4.72 Å². The molecule has 150 valence electrons. The van der Waals surface area contributed by atoms with E-state index in [1.165, 1.54) is 18.3 Å². The molecule has 3 aromatic carbocycles. The van der Waals surface area contributed by atoms with Crippen LogP contribution in [0, 0.1) is 17.1 Å². The predicted octanol–water partition coefficient (Wildman–Crippen LogP) is 4.14. The number of benzene rings is 3. The molecule has 0 saturated carbocycles. The lowest BCUT2D eigenvalue weighted by atomic mass is 10.0. The molecule has 0 radical (unpaired) electrons. The molecule has 6 nitrogen and oxygen atoms in total. The van der Waals surface area contributed by atoms with Crippen molar-refractivity contribution in [1.29, 1.82) is 5.26 Å². The SMILES string of the molecule is N#Cc1ccc(NS(=O)(=O)c2c[nH]c3cc(-c4ccc(CO)cc4)ccc23)c(F)c1. The summed E-state index contributed by atoms with van der Waals surface area (Å²) in [6, 6.07) is 18.0. The Bertz CT molecular complexity index is 1390. The van der Waals surface area contributed by atoms with Crippen molar-refractivity contribution < 1.29 is 17.9 Å². The van der Waals surface area contributed by atoms with Crippen LogP contribution in [0.5, 0.6) is 0 Å². The van der Waals surface area contributed by atoms with Crippen LogP contribution in [-0.4, -0.2) is 18.5 Å². The quantitative estimate of drug-likeness (QED) is 0.450. The molecule has 4 rings (SSSR count). The summed E-state index contributed by atoms with van der Waals surface area (Å²) in [6.45, 7) is -0.0377. The van der Waals surface area contributed by atoms with E-state index in [1.54, 1.807) is 18.2 Å². The Morgan fingerprint density at radius 1 is 1.03 bits per heavy atom. The number of nitrogens with zero attached hydrogens (tertiary/aromatic N) is 1. The van der Waals surface area contributed by atoms with E-state index in [4.69, 9.17) is 10.4 Å². The second-order valence-electron chi connectivity index (χ2n) is 6.68. The average Bonchev–Trinajstić information content (AvgIpc) is 3.19. The number of halogens is 1. The van der Waals surface area contributed by atoms with Gasteiger partial charge in [0, 0.05) is 17.1 Å². The van der Waals surface area contributed by atoms with E-state index in [1.807, 2.05) is 30.3 Å². The standard InChI is InChI=1S/C22H16FN3O3S/c23-19-9-15(11-24)3-8-20(19)26-30(28,29)22-12-25-21-10-17(6-7-18(21)22)16-4-1-14(13-27)2-5-16/h1-10,12,25-27H,13H2. The third-order valence-electron chi connectivity index (χ3n) is 4.75. The summed E-state index contributed by atoms with van der Waals surface area (Å²) in [5.74, 6) is -0.828. The highest BCUT2D eigenvalue weighted by molar-refractivity contribution is 7.93. The Balaban J connectivity index is 1.68. The Labute approximate surface area is 172 Å². The zero-order valence-corrected chi connectivity index (χ0v) is 16.4. The van der Waals surface area contributed by atoms with Gasteiger partial charge in [-0.15, -0.1) is 0 Å². The molecular formula is C22H16FN3O3S. The summed E-state index contributed by atoms with van der Waals surface area (Å²) in [5, 5.41) is 18.4. The van der Waals surface area contributed by atoms with Crippen LogP contribution < -0.4 is 4.72 Å². The lowest BCUT2D eigenvalue weighted by molar-refractivity contribution is 0.282. The maximum absolute atomic E-state index is 14.1. The van der Waals surface area contributed by atoms with E-state index in [0.717, 1.165) is 22.8 Å². The van der Waals surface area contributed by atoms with Crippen molar-refractivity contribution in [2.45, 2.75) is 11.5 Å². The molecular weight excluding hydrogens is 405 g/mol. The molecule has 30 heavy (non-hydrogen) atoms. The zero-order valence-electron chi connectivity index (χ0n) is 15.6. The molecule has 0 saturated heterocycles. The number of hydrogen-bond donors (Lipinski definition) is 3. The number of aliphatic hydroxyl groups is 1. The molecule has 0 amide bonds. The maximum atomic E-state index is 14.1. The number of aliphatic hydroxyl groups excluding tert-OH is 1. The lowest BCUT2D eigenvalue weighted by Gasteiger charge is -2.09. The van der Waals surface area contributed by atoms with Crippen LogP contribution in [0.15, 0.2) is 71.8 Å². The molecule has 1 aromatic heterocycles. The van der Waals surface area contributed by atoms with E-state index < -0.39 is 15.8 Å². The molecule has 3 N–H and O–H groups in total. The Kier molecular flexibility index (Phi) is 4.99. The molecule has 0 unspecified atom stereocenters. The van der Waals surface area contributed by atoms with Crippen LogP contribution in [0.1, 0.15) is 11.1 Å². The van der Waals surface area contributed by atoms with Gasteiger partial charge in [0.25, 0.3) is 10.0 Å². The van der Waals surface area contributed by atoms with E-state index in [0.29, 0.717) is 10.9 Å². The largest absolute Gasteiger partial charge is 0.392 e. The zero-order chi connectivity index (χ0) is 21.3. The monoisotopic (exact) mass is 421 g/mol. The summed E-state index contributed by atoms with van der Waals surface area (Å²) in [7, 11) is -4.06. The average molecular weight is 421 g/mol. The molecule has 8 heteroatoms. The van der Waals surface area contributed by atoms with Gasteiger partial charge in [-0.3, -0.25) is 4.72 Å². The predicted molar refractivity (Wildman–Crippen MR) is 112 cm³/mol. The second kappa shape index (κ2) is 7.63. The highest BCUT2D eigenvalue weighted by Gasteiger charge is 2.21. The van der Waals surface area contributed by atoms with Gasteiger partial charge >= 0.3 is 0 Å². The number of hydrogen-bond acceptors (Lipinski definition) is 4. The highest BCUT2D eigenvalue weighted by atomic mass is 32.2. The summed E-state index contributed by atoms with van der Waals surface area (Å²) < 4.78 is 42.0. The van der Waals surface area contributed by atoms with Gasteiger partial charge in [0.05, 0.1) is 23.9 Å². The van der Waals surface area contributed by atoms with Crippen LogP contribution in [-0.2, 0) is 16.6 Å². The van der Waals surface area contributed by atoms with E-state index in [2.05, 4.69) is 9.71 Å². The minimum absolute atomic E-state index is 0.0107. The van der Waals surface area contributed by atoms with Crippen LogP contribution in [0.2, 0.25) is 0 Å². The van der Waals surface area contributed by atoms with Crippen molar-refractivity contribution in [1.82, 2.24) is 4.98 Å². The van der Waals surface area contributed by atoms with Crippen molar-refractivity contribution >= 4 is 26.6 Å². The van der Waals surface area contributed by atoms with Crippen LogP contribution in [0.4, 0.5) is 10.1 Å². The number of H-pyrrole nitrogens is 1. The number of nitriles is 1. The Morgan fingerprint density at radius 3 is 2.43 bits per heavy atom. The normalized spacial score (nSPS) is 11.4. The molecule has 0 aliphatic heterocycles. The summed E-state index contributed by atoms with van der Waals surface area (Å²) in [4.78, 5) is 2.94. The molecule has 0 fully saturated rings. The van der Waals surface area contributed by atoms with Gasteiger partial charge in [-0.25, -0.2) is 12.8 Å². The smallest absolute Gasteiger partial charge is 0.264 e. The van der Waals surface area contributed by atoms with E-state index in [9.17, 15) is 12.8 Å². The van der Waals surface area contributed by atoms with Gasteiger partial charge in [0.1, 0.15) is 10.7 Å². The maximum Gasteiger partial charge on any atom is 0.264 e. The second-order valence-corrected chi connectivity index (χ2v) is 8.33. The number of rotatable bonds is 5. The number of fused-ring (bicyclic) bond motifs is 1. The van der Waals surface area contributed by atoms with Crippen molar-refractivity contribution in [3.8, 4) is 17.2 Å². The van der Waals surface area contributed by atoms with Crippen LogP contribution in [0.3, 0.4) is 0 Å². The Hall–Kier alpha value is -3.67. The van der Waals surface area contributed by atoms with Gasteiger partial charge in [0.2, 0.25) is 0 Å². The van der Waals surface area contributed by atoms with Gasteiger partial charge in [-0.2, -0.15) is 5.26 Å². The lowest BCUT2D eigenvalue weighted by Crippen LogP contribution is -2.13. The third-order valence-corrected chi connectivity index (χ3v) is 6.15. The fourth-order valence-corrected chi connectivity index (χ4v) is 4.42. The van der Waals surface area contributed by atoms with Crippen molar-refractivity contribution in [3.63, 3.8) is 0 Å². The first-order valence-corrected chi connectivity index (χ1v) is 10.4. The number of aromatic amines is 1. The van der Waals surface area contributed by atoms with Gasteiger partial charge in [-0.1, -0.05) is 36.4 Å². The van der Waals surface area contributed by atoms with E-state index in [-0.39, 0.29) is 22.8 Å². The fourth-order valence-electron chi connectivity index (χ4n) is 3.17. The van der Waals surface area contributed by atoms with Crippen molar-refractivity contribution in [3.05, 3.63) is 83.8 Å². The molecule has 0 atom stereocenters. The Morgan fingerprint density at radius 2 is 1.77 bits per heavy atom. The highest BCUT2D eigenvalue weighted by Crippen LogP contribution is 2.30. The first-order valence-electron chi connectivity index (χ1n) is 8.95. The molecule has 0 aliphatic rings. The van der Waals surface area contributed by atoms with Crippen LogP contribution >= 0.6 is 0 Å². The molecule has 4 aromatic rings. The molecule has 0 spiro atoms. The minimum atomic E-state index is -4.06. The first-order chi connectivity index (χ1) is 14.4. The topological polar surface area (TPSA) is 106 Å². The van der Waals surface area contributed by atoms with Gasteiger partial charge < -0.3 is 10.1 Å². The number of anilines is 1. The van der Waals surface area contributed by atoms with Crippen LogP contribution in [0.25, 0.3) is 22.0 Å². The molecule has 0 aliphatic carbocycles. The van der Waals surface area contributed by atoms with Gasteiger partial charge in [0.15, 0.2) is 0 Å².